The maximum absolute atomic E-state index is 12.2. The van der Waals surface area contributed by atoms with Crippen molar-refractivity contribution >= 4 is 21.4 Å². The van der Waals surface area contributed by atoms with Gasteiger partial charge in [-0.15, -0.1) is 0 Å². The fraction of sp³-hybridized carbons (Fsp3) is 0.571. The molecule has 20 heavy (non-hydrogen) atoms. The van der Waals surface area contributed by atoms with Gasteiger partial charge in [0, 0.05) is 20.6 Å². The van der Waals surface area contributed by atoms with E-state index in [0.717, 1.165) is 6.54 Å². The van der Waals surface area contributed by atoms with Crippen LogP contribution >= 0.6 is 0 Å². The van der Waals surface area contributed by atoms with Crippen LogP contribution in [0.1, 0.15) is 26.2 Å². The summed E-state index contributed by atoms with van der Waals surface area (Å²) in [6, 6.07) is 5.09. The van der Waals surface area contributed by atoms with Gasteiger partial charge in [0.2, 0.25) is 10.0 Å². The first kappa shape index (κ1) is 15.1. The molecule has 5 nitrogen and oxygen atoms in total. The molecule has 0 radical (unpaired) electrons. The summed E-state index contributed by atoms with van der Waals surface area (Å²) in [6.07, 6.45) is 3.67. The van der Waals surface area contributed by atoms with E-state index in [2.05, 4.69) is 12.2 Å². The first-order valence-electron chi connectivity index (χ1n) is 6.81. The number of para-hydroxylation sites is 1. The van der Waals surface area contributed by atoms with Crippen LogP contribution in [0, 0.1) is 5.41 Å². The number of benzene rings is 1. The zero-order valence-electron chi connectivity index (χ0n) is 12.3. The van der Waals surface area contributed by atoms with E-state index < -0.39 is 10.0 Å². The second kappa shape index (κ2) is 5.26. The van der Waals surface area contributed by atoms with Crippen molar-refractivity contribution in [2.75, 3.05) is 31.7 Å². The van der Waals surface area contributed by atoms with E-state index in [9.17, 15) is 8.42 Å². The van der Waals surface area contributed by atoms with Gasteiger partial charge in [0.05, 0.1) is 11.4 Å². The summed E-state index contributed by atoms with van der Waals surface area (Å²) in [7, 11) is -0.499. The Bertz CT molecular complexity index is 592. The molecule has 1 aromatic rings. The lowest BCUT2D eigenvalue weighted by Gasteiger charge is -2.38. The Morgan fingerprint density at radius 2 is 2.00 bits per heavy atom. The number of anilines is 2. The molecule has 1 aromatic carbocycles. The normalized spacial score (nSPS) is 17.8. The standard InChI is InChI=1S/C14H23N3O2S/c1-14(8-5-9-14)10-16-11-6-4-7-12(13(11)15)20(18,19)17(2)3/h4,6-7,16H,5,8-10,15H2,1-3H3. The van der Waals surface area contributed by atoms with Crippen molar-refractivity contribution in [2.24, 2.45) is 5.41 Å². The summed E-state index contributed by atoms with van der Waals surface area (Å²) >= 11 is 0. The molecule has 0 heterocycles. The summed E-state index contributed by atoms with van der Waals surface area (Å²) in [5.74, 6) is 0. The van der Waals surface area contributed by atoms with Crippen LogP contribution in [0.4, 0.5) is 11.4 Å². The van der Waals surface area contributed by atoms with E-state index in [0.29, 0.717) is 16.8 Å². The quantitative estimate of drug-likeness (QED) is 0.816. The molecule has 2 rings (SSSR count). The molecule has 112 valence electrons. The van der Waals surface area contributed by atoms with Crippen molar-refractivity contribution in [1.29, 1.82) is 0 Å². The fourth-order valence-corrected chi connectivity index (χ4v) is 3.42. The van der Waals surface area contributed by atoms with Crippen LogP contribution in [-0.2, 0) is 10.0 Å². The first-order valence-corrected chi connectivity index (χ1v) is 8.25. The topological polar surface area (TPSA) is 75.4 Å². The molecule has 3 N–H and O–H groups in total. The van der Waals surface area contributed by atoms with Crippen LogP contribution in [0.2, 0.25) is 0 Å². The second-order valence-corrected chi connectivity index (χ2v) is 8.14. The largest absolute Gasteiger partial charge is 0.396 e. The molecule has 1 fully saturated rings. The minimum absolute atomic E-state index is 0.159. The third-order valence-corrected chi connectivity index (χ3v) is 5.96. The summed E-state index contributed by atoms with van der Waals surface area (Å²) < 4.78 is 25.6. The molecule has 0 aliphatic heterocycles. The molecule has 0 amide bonds. The van der Waals surface area contributed by atoms with Gasteiger partial charge in [0.25, 0.3) is 0 Å². The first-order chi connectivity index (χ1) is 9.26. The lowest BCUT2D eigenvalue weighted by molar-refractivity contribution is 0.180. The minimum atomic E-state index is -3.51. The fourth-order valence-electron chi connectivity index (χ4n) is 2.39. The highest BCUT2D eigenvalue weighted by Gasteiger charge is 2.31. The average Bonchev–Trinajstić information content (AvgIpc) is 2.35. The molecule has 0 aromatic heterocycles. The molecular weight excluding hydrogens is 274 g/mol. The Hall–Kier alpha value is -1.27. The van der Waals surface area contributed by atoms with Gasteiger partial charge in [0.15, 0.2) is 0 Å². The molecule has 0 spiro atoms. The second-order valence-electron chi connectivity index (χ2n) is 6.02. The van der Waals surface area contributed by atoms with E-state index in [1.165, 1.54) is 37.7 Å². The Morgan fingerprint density at radius 1 is 1.35 bits per heavy atom. The zero-order chi connectivity index (χ0) is 15.0. The van der Waals surface area contributed by atoms with Crippen molar-refractivity contribution in [3.05, 3.63) is 18.2 Å². The van der Waals surface area contributed by atoms with Gasteiger partial charge in [-0.25, -0.2) is 12.7 Å². The monoisotopic (exact) mass is 297 g/mol. The van der Waals surface area contributed by atoms with Crippen LogP contribution in [0.5, 0.6) is 0 Å². The van der Waals surface area contributed by atoms with Gasteiger partial charge in [-0.1, -0.05) is 19.4 Å². The molecule has 0 unspecified atom stereocenters. The third-order valence-electron chi connectivity index (χ3n) is 4.09. The van der Waals surface area contributed by atoms with E-state index >= 15 is 0 Å². The van der Waals surface area contributed by atoms with E-state index in [1.807, 2.05) is 6.07 Å². The van der Waals surface area contributed by atoms with Gasteiger partial charge in [-0.2, -0.15) is 0 Å². The van der Waals surface area contributed by atoms with Crippen molar-refractivity contribution in [2.45, 2.75) is 31.1 Å². The Labute approximate surface area is 121 Å². The number of nitrogens with one attached hydrogen (secondary N) is 1. The van der Waals surface area contributed by atoms with Gasteiger partial charge >= 0.3 is 0 Å². The molecule has 0 bridgehead atoms. The molecule has 0 atom stereocenters. The van der Waals surface area contributed by atoms with E-state index in [1.54, 1.807) is 12.1 Å². The summed E-state index contributed by atoms with van der Waals surface area (Å²) in [4.78, 5) is 0.159. The highest BCUT2D eigenvalue weighted by atomic mass is 32.2. The number of nitrogens with zero attached hydrogens (tertiary/aromatic N) is 1. The number of nitrogens with two attached hydrogens (primary N) is 1. The van der Waals surface area contributed by atoms with Crippen molar-refractivity contribution in [3.8, 4) is 0 Å². The molecule has 1 aliphatic rings. The number of hydrogen-bond donors (Lipinski definition) is 2. The predicted molar refractivity (Wildman–Crippen MR) is 82.2 cm³/mol. The lowest BCUT2D eigenvalue weighted by atomic mass is 9.70. The van der Waals surface area contributed by atoms with Gasteiger partial charge in [-0.05, 0) is 30.4 Å². The number of rotatable bonds is 5. The van der Waals surface area contributed by atoms with Crippen molar-refractivity contribution in [3.63, 3.8) is 0 Å². The highest BCUT2D eigenvalue weighted by molar-refractivity contribution is 7.89. The van der Waals surface area contributed by atoms with Crippen LogP contribution in [-0.4, -0.2) is 33.4 Å². The van der Waals surface area contributed by atoms with Crippen molar-refractivity contribution in [1.82, 2.24) is 4.31 Å². The number of nitrogen functional groups attached to an aromatic ring is 1. The number of hydrogen-bond acceptors (Lipinski definition) is 4. The summed E-state index contributed by atoms with van der Waals surface area (Å²) in [5.41, 5.74) is 7.33. The average molecular weight is 297 g/mol. The summed E-state index contributed by atoms with van der Waals surface area (Å²) in [6.45, 7) is 3.06. The molecule has 6 heteroatoms. The number of sulfonamides is 1. The smallest absolute Gasteiger partial charge is 0.244 e. The lowest BCUT2D eigenvalue weighted by Crippen LogP contribution is -2.33. The van der Waals surface area contributed by atoms with Gasteiger partial charge < -0.3 is 11.1 Å². The van der Waals surface area contributed by atoms with Gasteiger partial charge in [0.1, 0.15) is 4.90 Å². The SMILES string of the molecule is CN(C)S(=O)(=O)c1cccc(NCC2(C)CCC2)c1N. The van der Waals surface area contributed by atoms with Crippen molar-refractivity contribution < 1.29 is 8.42 Å². The van der Waals surface area contributed by atoms with Crippen LogP contribution in [0.15, 0.2) is 23.1 Å². The Kier molecular flexibility index (Phi) is 3.97. The van der Waals surface area contributed by atoms with Gasteiger partial charge in [-0.3, -0.25) is 0 Å². The minimum Gasteiger partial charge on any atom is -0.396 e. The maximum Gasteiger partial charge on any atom is 0.244 e. The summed E-state index contributed by atoms with van der Waals surface area (Å²) in [5, 5.41) is 3.30. The third kappa shape index (κ3) is 2.76. The molecule has 1 saturated carbocycles. The molecule has 0 saturated heterocycles. The Morgan fingerprint density at radius 3 is 2.50 bits per heavy atom. The highest BCUT2D eigenvalue weighted by Crippen LogP contribution is 2.40. The maximum atomic E-state index is 12.2. The van der Waals surface area contributed by atoms with Crippen LogP contribution in [0.3, 0.4) is 0 Å². The van der Waals surface area contributed by atoms with E-state index in [-0.39, 0.29) is 4.90 Å². The molecular formula is C14H23N3O2S. The zero-order valence-corrected chi connectivity index (χ0v) is 13.1. The molecule has 1 aliphatic carbocycles. The van der Waals surface area contributed by atoms with Crippen LogP contribution in [0.25, 0.3) is 0 Å². The predicted octanol–water partition coefficient (Wildman–Crippen LogP) is 2.12. The van der Waals surface area contributed by atoms with E-state index in [4.69, 9.17) is 5.73 Å². The Balaban J connectivity index is 2.23. The van der Waals surface area contributed by atoms with Crippen LogP contribution < -0.4 is 11.1 Å².